The summed E-state index contributed by atoms with van der Waals surface area (Å²) in [5.41, 5.74) is 3.42. The smallest absolute Gasteiger partial charge is 0.158 e. The van der Waals surface area contributed by atoms with Crippen LogP contribution in [-0.4, -0.2) is 39.5 Å². The van der Waals surface area contributed by atoms with Crippen LogP contribution in [0.15, 0.2) is 30.6 Å². The molecular formula is C22H24N4O2. The van der Waals surface area contributed by atoms with Crippen LogP contribution in [-0.2, 0) is 4.74 Å². The molecule has 1 saturated carbocycles. The fraction of sp³-hybridized carbons (Fsp3) is 0.409. The zero-order valence-electron chi connectivity index (χ0n) is 16.1. The van der Waals surface area contributed by atoms with Gasteiger partial charge in [0, 0.05) is 46.6 Å². The van der Waals surface area contributed by atoms with Crippen molar-refractivity contribution < 1.29 is 9.84 Å². The quantitative estimate of drug-likeness (QED) is 0.723. The maximum atomic E-state index is 10.6. The highest BCUT2D eigenvalue weighted by Crippen LogP contribution is 2.40. The maximum Gasteiger partial charge on any atom is 0.158 e. The van der Waals surface area contributed by atoms with Gasteiger partial charge < -0.3 is 15.2 Å². The number of aryl methyl sites for hydroxylation is 2. The molecule has 5 rings (SSSR count). The normalized spacial score (nSPS) is 23.9. The van der Waals surface area contributed by atoms with Gasteiger partial charge in [-0.3, -0.25) is 4.98 Å². The molecule has 0 spiro atoms. The van der Waals surface area contributed by atoms with Crippen LogP contribution in [0, 0.1) is 25.7 Å². The van der Waals surface area contributed by atoms with Crippen LogP contribution in [0.1, 0.15) is 24.0 Å². The minimum Gasteiger partial charge on any atom is -0.507 e. The van der Waals surface area contributed by atoms with Crippen LogP contribution in [0.4, 0.5) is 5.82 Å². The summed E-state index contributed by atoms with van der Waals surface area (Å²) in [6.45, 7) is 5.58. The third-order valence-electron chi connectivity index (χ3n) is 6.17. The highest BCUT2D eigenvalue weighted by Gasteiger charge is 2.40. The first-order chi connectivity index (χ1) is 13.6. The number of phenolic OH excluding ortho intramolecular Hbond substituents is 1. The number of benzene rings is 1. The summed E-state index contributed by atoms with van der Waals surface area (Å²) >= 11 is 0. The van der Waals surface area contributed by atoms with Crippen LogP contribution in [0.5, 0.6) is 5.75 Å². The van der Waals surface area contributed by atoms with Gasteiger partial charge in [-0.2, -0.15) is 0 Å². The summed E-state index contributed by atoms with van der Waals surface area (Å²) < 4.78 is 5.71. The molecule has 144 valence electrons. The van der Waals surface area contributed by atoms with Gasteiger partial charge in [0.1, 0.15) is 11.4 Å². The second-order valence-corrected chi connectivity index (χ2v) is 8.10. The lowest BCUT2D eigenvalue weighted by Crippen LogP contribution is -2.39. The molecule has 6 heteroatoms. The SMILES string of the molecule is Cc1cc(C)c(-c2nnc(NC3C4CCC3COC4)c3cnccc23)c(O)c1. The Hall–Kier alpha value is -2.73. The number of aromatic hydroxyl groups is 1. The maximum absolute atomic E-state index is 10.6. The van der Waals surface area contributed by atoms with Gasteiger partial charge >= 0.3 is 0 Å². The highest BCUT2D eigenvalue weighted by molar-refractivity contribution is 6.01. The minimum absolute atomic E-state index is 0.230. The van der Waals surface area contributed by atoms with Crippen molar-refractivity contribution in [2.45, 2.75) is 32.7 Å². The fourth-order valence-corrected chi connectivity index (χ4v) is 4.85. The Balaban J connectivity index is 1.61. The van der Waals surface area contributed by atoms with Crippen molar-refractivity contribution in [3.63, 3.8) is 0 Å². The van der Waals surface area contributed by atoms with Crippen molar-refractivity contribution in [1.29, 1.82) is 0 Å². The van der Waals surface area contributed by atoms with Crippen molar-refractivity contribution in [1.82, 2.24) is 15.2 Å². The number of nitrogens with zero attached hydrogens (tertiary/aromatic N) is 3. The zero-order chi connectivity index (χ0) is 19.3. The Kier molecular flexibility index (Phi) is 4.16. The van der Waals surface area contributed by atoms with Crippen molar-refractivity contribution in [2.24, 2.45) is 11.8 Å². The molecule has 2 atom stereocenters. The molecule has 0 radical (unpaired) electrons. The number of hydrogen-bond acceptors (Lipinski definition) is 6. The number of ether oxygens (including phenoxy) is 1. The first kappa shape index (κ1) is 17.4. The molecule has 1 saturated heterocycles. The molecule has 0 amide bonds. The van der Waals surface area contributed by atoms with Gasteiger partial charge in [-0.25, -0.2) is 0 Å². The lowest BCUT2D eigenvalue weighted by atomic mass is 9.95. The number of pyridine rings is 1. The predicted octanol–water partition coefficient (Wildman–Crippen LogP) is 3.85. The third kappa shape index (κ3) is 2.79. The molecule has 28 heavy (non-hydrogen) atoms. The monoisotopic (exact) mass is 376 g/mol. The molecule has 3 aromatic rings. The molecule has 2 aromatic heterocycles. The van der Waals surface area contributed by atoms with E-state index in [0.29, 0.717) is 23.6 Å². The van der Waals surface area contributed by atoms with E-state index < -0.39 is 0 Å². The van der Waals surface area contributed by atoms with Crippen LogP contribution < -0.4 is 5.32 Å². The number of phenols is 1. The molecule has 2 aliphatic rings. The molecule has 1 aromatic carbocycles. The van der Waals surface area contributed by atoms with E-state index in [1.807, 2.05) is 26.1 Å². The molecule has 3 heterocycles. The standard InChI is InChI=1S/C22H24N4O2/c1-12-7-13(2)19(18(27)8-12)21-16-5-6-23-9-17(16)22(26-25-21)24-20-14-3-4-15(20)11-28-10-14/h5-9,14-15,20,27H,3-4,10-11H2,1-2H3,(H,24,26). The van der Waals surface area contributed by atoms with Crippen LogP contribution in [0.2, 0.25) is 0 Å². The molecule has 2 fully saturated rings. The largest absolute Gasteiger partial charge is 0.507 e. The number of fused-ring (bicyclic) bond motifs is 3. The second kappa shape index (κ2) is 6.71. The van der Waals surface area contributed by atoms with Gasteiger partial charge in [0.05, 0.1) is 13.2 Å². The second-order valence-electron chi connectivity index (χ2n) is 8.10. The lowest BCUT2D eigenvalue weighted by Gasteiger charge is -2.31. The fourth-order valence-electron chi connectivity index (χ4n) is 4.85. The first-order valence-electron chi connectivity index (χ1n) is 9.87. The molecule has 1 aliphatic carbocycles. The number of nitrogens with one attached hydrogen (secondary N) is 1. The van der Waals surface area contributed by atoms with E-state index in [4.69, 9.17) is 4.74 Å². The Labute approximate surface area is 164 Å². The van der Waals surface area contributed by atoms with Gasteiger partial charge in [0.2, 0.25) is 0 Å². The Morgan fingerprint density at radius 3 is 2.61 bits per heavy atom. The van der Waals surface area contributed by atoms with Crippen LogP contribution in [0.25, 0.3) is 22.0 Å². The van der Waals surface area contributed by atoms with Crippen molar-refractivity contribution in [2.75, 3.05) is 18.5 Å². The Bertz CT molecular complexity index is 1010. The predicted molar refractivity (Wildman–Crippen MR) is 108 cm³/mol. The Morgan fingerprint density at radius 1 is 1.07 bits per heavy atom. The molecule has 1 aliphatic heterocycles. The van der Waals surface area contributed by atoms with E-state index in [-0.39, 0.29) is 5.75 Å². The third-order valence-corrected chi connectivity index (χ3v) is 6.17. The molecule has 2 unspecified atom stereocenters. The average Bonchev–Trinajstić information content (AvgIpc) is 2.88. The van der Waals surface area contributed by atoms with Gasteiger partial charge in [-0.05, 0) is 49.9 Å². The van der Waals surface area contributed by atoms with Gasteiger partial charge in [-0.1, -0.05) is 6.07 Å². The number of anilines is 1. The van der Waals surface area contributed by atoms with Crippen molar-refractivity contribution in [3.05, 3.63) is 41.7 Å². The molecular weight excluding hydrogens is 352 g/mol. The van der Waals surface area contributed by atoms with Gasteiger partial charge in [-0.15, -0.1) is 10.2 Å². The summed E-state index contributed by atoms with van der Waals surface area (Å²) in [5.74, 6) is 2.04. The number of rotatable bonds is 3. The van der Waals surface area contributed by atoms with E-state index >= 15 is 0 Å². The lowest BCUT2D eigenvalue weighted by molar-refractivity contribution is 0.0392. The average molecular weight is 376 g/mol. The highest BCUT2D eigenvalue weighted by atomic mass is 16.5. The van der Waals surface area contributed by atoms with E-state index in [2.05, 4.69) is 26.6 Å². The van der Waals surface area contributed by atoms with Gasteiger partial charge in [0.15, 0.2) is 5.82 Å². The van der Waals surface area contributed by atoms with Crippen molar-refractivity contribution >= 4 is 16.6 Å². The zero-order valence-corrected chi connectivity index (χ0v) is 16.1. The van der Waals surface area contributed by atoms with E-state index in [0.717, 1.165) is 46.5 Å². The number of hydrogen-bond donors (Lipinski definition) is 2. The summed E-state index contributed by atoms with van der Waals surface area (Å²) in [6, 6.07) is 6.13. The van der Waals surface area contributed by atoms with Crippen molar-refractivity contribution in [3.8, 4) is 17.0 Å². The van der Waals surface area contributed by atoms with Gasteiger partial charge in [0.25, 0.3) is 0 Å². The summed E-state index contributed by atoms with van der Waals surface area (Å²) in [6.07, 6.45) is 5.98. The summed E-state index contributed by atoms with van der Waals surface area (Å²) in [5, 5.41) is 25.2. The topological polar surface area (TPSA) is 80.2 Å². The molecule has 2 N–H and O–H groups in total. The van der Waals surface area contributed by atoms with E-state index in [1.165, 1.54) is 12.8 Å². The van der Waals surface area contributed by atoms with E-state index in [1.54, 1.807) is 12.3 Å². The molecule has 2 bridgehead atoms. The summed E-state index contributed by atoms with van der Waals surface area (Å²) in [7, 11) is 0. The van der Waals surface area contributed by atoms with Crippen LogP contribution >= 0.6 is 0 Å². The minimum atomic E-state index is 0.230. The summed E-state index contributed by atoms with van der Waals surface area (Å²) in [4.78, 5) is 4.32. The first-order valence-corrected chi connectivity index (χ1v) is 9.87. The molecule has 6 nitrogen and oxygen atoms in total. The van der Waals surface area contributed by atoms with Crippen LogP contribution in [0.3, 0.4) is 0 Å². The Morgan fingerprint density at radius 2 is 1.86 bits per heavy atom. The number of aromatic nitrogens is 3. The van der Waals surface area contributed by atoms with E-state index in [9.17, 15) is 5.11 Å².